The quantitative estimate of drug-likeness (QED) is 0.748. The smallest absolute Gasteiger partial charge is 0.338 e. The van der Waals surface area contributed by atoms with Gasteiger partial charge in [-0.25, -0.2) is 4.79 Å². The summed E-state index contributed by atoms with van der Waals surface area (Å²) in [7, 11) is 1.69. The van der Waals surface area contributed by atoms with Crippen molar-refractivity contribution >= 4 is 5.97 Å². The van der Waals surface area contributed by atoms with Crippen LogP contribution in [0.15, 0.2) is 12.1 Å². The third-order valence-electron chi connectivity index (χ3n) is 3.49. The number of rotatable bonds is 3. The number of methoxy groups -OCH3 is 1. The van der Waals surface area contributed by atoms with Gasteiger partial charge in [0, 0.05) is 11.1 Å². The molecule has 0 aliphatic carbocycles. The molecule has 0 heterocycles. The average molecular weight is 306 g/mol. The lowest BCUT2D eigenvalue weighted by molar-refractivity contribution is 0.0377. The zero-order chi connectivity index (χ0) is 17.3. The normalized spacial score (nSPS) is 12.5. The predicted molar refractivity (Wildman–Crippen MR) is 90.9 cm³/mol. The van der Waals surface area contributed by atoms with E-state index >= 15 is 0 Å². The van der Waals surface area contributed by atoms with Crippen LogP contribution in [0.2, 0.25) is 0 Å². The van der Waals surface area contributed by atoms with Gasteiger partial charge in [0.2, 0.25) is 0 Å². The van der Waals surface area contributed by atoms with Crippen molar-refractivity contribution in [1.82, 2.24) is 0 Å². The molecule has 22 heavy (non-hydrogen) atoms. The third kappa shape index (κ3) is 4.25. The van der Waals surface area contributed by atoms with Crippen LogP contribution in [-0.4, -0.2) is 19.2 Å². The van der Waals surface area contributed by atoms with Gasteiger partial charge < -0.3 is 9.47 Å². The minimum atomic E-state index is -0.284. The molecule has 0 spiro atoms. The Hall–Kier alpha value is -1.51. The molecule has 0 amide bonds. The highest BCUT2D eigenvalue weighted by molar-refractivity contribution is 5.90. The first-order chi connectivity index (χ1) is 9.87. The fraction of sp³-hybridized carbons (Fsp3) is 0.632. The molecule has 0 radical (unpaired) electrons. The SMILES string of the molecule is COc1c(C(C)(C)C)cc(C(=O)OC(C)C)cc1C(C)(C)C. The molecule has 3 heteroatoms. The minimum Gasteiger partial charge on any atom is -0.496 e. The van der Waals surface area contributed by atoms with Crippen LogP contribution in [0, 0.1) is 0 Å². The van der Waals surface area contributed by atoms with Crippen LogP contribution < -0.4 is 4.74 Å². The summed E-state index contributed by atoms with van der Waals surface area (Å²) in [5.41, 5.74) is 2.39. The van der Waals surface area contributed by atoms with Gasteiger partial charge in [-0.2, -0.15) is 0 Å². The Morgan fingerprint density at radius 1 is 0.955 bits per heavy atom. The van der Waals surface area contributed by atoms with E-state index in [-0.39, 0.29) is 22.9 Å². The first-order valence-electron chi connectivity index (χ1n) is 7.82. The number of hydrogen-bond acceptors (Lipinski definition) is 3. The number of benzene rings is 1. The lowest BCUT2D eigenvalue weighted by Crippen LogP contribution is -2.21. The molecule has 0 atom stereocenters. The van der Waals surface area contributed by atoms with E-state index in [0.717, 1.165) is 16.9 Å². The van der Waals surface area contributed by atoms with Crippen molar-refractivity contribution in [2.24, 2.45) is 0 Å². The van der Waals surface area contributed by atoms with Gasteiger partial charge in [-0.1, -0.05) is 41.5 Å². The average Bonchev–Trinajstić information content (AvgIpc) is 2.34. The second-order valence-electron chi connectivity index (χ2n) is 8.06. The van der Waals surface area contributed by atoms with Crippen molar-refractivity contribution < 1.29 is 14.3 Å². The molecule has 0 saturated carbocycles. The van der Waals surface area contributed by atoms with Crippen molar-refractivity contribution in [1.29, 1.82) is 0 Å². The molecule has 1 rings (SSSR count). The van der Waals surface area contributed by atoms with Gasteiger partial charge in [-0.15, -0.1) is 0 Å². The highest BCUT2D eigenvalue weighted by Crippen LogP contribution is 2.40. The lowest BCUT2D eigenvalue weighted by Gasteiger charge is -2.29. The highest BCUT2D eigenvalue weighted by Gasteiger charge is 2.29. The summed E-state index contributed by atoms with van der Waals surface area (Å²) in [6.45, 7) is 16.4. The van der Waals surface area contributed by atoms with Crippen molar-refractivity contribution in [3.8, 4) is 5.75 Å². The van der Waals surface area contributed by atoms with Gasteiger partial charge in [0.1, 0.15) is 5.75 Å². The Labute approximate surface area is 135 Å². The number of ether oxygens (including phenoxy) is 2. The van der Waals surface area contributed by atoms with Crippen molar-refractivity contribution in [2.75, 3.05) is 7.11 Å². The molecule has 0 unspecified atom stereocenters. The molecule has 0 aliphatic heterocycles. The van der Waals surface area contributed by atoms with Crippen LogP contribution in [0.5, 0.6) is 5.75 Å². The molecule has 124 valence electrons. The molecule has 1 aromatic carbocycles. The zero-order valence-corrected chi connectivity index (χ0v) is 15.5. The summed E-state index contributed by atoms with van der Waals surface area (Å²) in [5, 5.41) is 0. The zero-order valence-electron chi connectivity index (χ0n) is 15.5. The molecular formula is C19H30O3. The lowest BCUT2D eigenvalue weighted by atomic mass is 9.78. The molecule has 1 aromatic rings. The van der Waals surface area contributed by atoms with E-state index in [1.165, 1.54) is 0 Å². The van der Waals surface area contributed by atoms with Crippen LogP contribution in [0.1, 0.15) is 76.9 Å². The molecule has 0 N–H and O–H groups in total. The third-order valence-corrected chi connectivity index (χ3v) is 3.49. The minimum absolute atomic E-state index is 0.126. The van der Waals surface area contributed by atoms with Crippen LogP contribution >= 0.6 is 0 Å². The van der Waals surface area contributed by atoms with Crippen LogP contribution in [-0.2, 0) is 15.6 Å². The maximum absolute atomic E-state index is 12.4. The molecule has 0 saturated heterocycles. The second-order valence-corrected chi connectivity index (χ2v) is 8.06. The van der Waals surface area contributed by atoms with Crippen molar-refractivity contribution in [3.05, 3.63) is 28.8 Å². The highest BCUT2D eigenvalue weighted by atomic mass is 16.5. The summed E-state index contributed by atoms with van der Waals surface area (Å²) in [6, 6.07) is 3.80. The van der Waals surface area contributed by atoms with E-state index in [1.54, 1.807) is 7.11 Å². The Morgan fingerprint density at radius 3 is 1.64 bits per heavy atom. The van der Waals surface area contributed by atoms with Gasteiger partial charge in [-0.05, 0) is 36.8 Å². The Balaban J connectivity index is 3.60. The van der Waals surface area contributed by atoms with Crippen LogP contribution in [0.4, 0.5) is 0 Å². The Morgan fingerprint density at radius 2 is 1.36 bits per heavy atom. The van der Waals surface area contributed by atoms with E-state index in [0.29, 0.717) is 5.56 Å². The molecule has 0 bridgehead atoms. The maximum Gasteiger partial charge on any atom is 0.338 e. The van der Waals surface area contributed by atoms with Crippen molar-refractivity contribution in [3.63, 3.8) is 0 Å². The number of hydrogen-bond donors (Lipinski definition) is 0. The number of esters is 1. The van der Waals surface area contributed by atoms with Crippen LogP contribution in [0.3, 0.4) is 0 Å². The first kappa shape index (κ1) is 18.5. The fourth-order valence-corrected chi connectivity index (χ4v) is 2.36. The molecule has 0 aromatic heterocycles. The largest absolute Gasteiger partial charge is 0.496 e. The monoisotopic (exact) mass is 306 g/mol. The topological polar surface area (TPSA) is 35.5 Å². The number of carbonyl (C=O) groups excluding carboxylic acids is 1. The summed E-state index contributed by atoms with van der Waals surface area (Å²) in [6.07, 6.45) is -0.134. The first-order valence-corrected chi connectivity index (χ1v) is 7.82. The molecule has 0 fully saturated rings. The Bertz CT molecular complexity index is 508. The van der Waals surface area contributed by atoms with E-state index in [1.807, 2.05) is 26.0 Å². The van der Waals surface area contributed by atoms with Gasteiger partial charge in [0.05, 0.1) is 18.8 Å². The van der Waals surface area contributed by atoms with E-state index in [9.17, 15) is 4.79 Å². The van der Waals surface area contributed by atoms with Crippen molar-refractivity contribution in [2.45, 2.75) is 72.3 Å². The Kier molecular flexibility index (Phi) is 5.32. The van der Waals surface area contributed by atoms with E-state index in [4.69, 9.17) is 9.47 Å². The van der Waals surface area contributed by atoms with Gasteiger partial charge >= 0.3 is 5.97 Å². The number of carbonyl (C=O) groups is 1. The molecular weight excluding hydrogens is 276 g/mol. The van der Waals surface area contributed by atoms with E-state index in [2.05, 4.69) is 41.5 Å². The summed E-state index contributed by atoms with van der Waals surface area (Å²) in [5.74, 6) is 0.578. The molecule has 0 aliphatic rings. The van der Waals surface area contributed by atoms with E-state index < -0.39 is 0 Å². The van der Waals surface area contributed by atoms with Gasteiger partial charge in [0.15, 0.2) is 0 Å². The fourth-order valence-electron chi connectivity index (χ4n) is 2.36. The van der Waals surface area contributed by atoms with Gasteiger partial charge in [0.25, 0.3) is 0 Å². The maximum atomic E-state index is 12.4. The van der Waals surface area contributed by atoms with Crippen LogP contribution in [0.25, 0.3) is 0 Å². The van der Waals surface area contributed by atoms with Gasteiger partial charge in [-0.3, -0.25) is 0 Å². The molecule has 3 nitrogen and oxygen atoms in total. The summed E-state index contributed by atoms with van der Waals surface area (Å²) < 4.78 is 11.1. The standard InChI is InChI=1S/C19H30O3/c1-12(2)22-17(20)13-10-14(18(3,4)5)16(21-9)15(11-13)19(6,7)8/h10-12H,1-9H3. The predicted octanol–water partition coefficient (Wildman–Crippen LogP) is 4.86. The second kappa shape index (κ2) is 6.31. The summed E-state index contributed by atoms with van der Waals surface area (Å²) >= 11 is 0. The summed E-state index contributed by atoms with van der Waals surface area (Å²) in [4.78, 5) is 12.4.